The minimum Gasteiger partial charge on any atom is -0.303 e. The van der Waals surface area contributed by atoms with E-state index in [1.807, 2.05) is 0 Å². The van der Waals surface area contributed by atoms with Gasteiger partial charge in [0, 0.05) is 5.92 Å². The van der Waals surface area contributed by atoms with E-state index in [-0.39, 0.29) is 17.4 Å². The van der Waals surface area contributed by atoms with E-state index in [0.717, 1.165) is 6.29 Å². The summed E-state index contributed by atoms with van der Waals surface area (Å²) in [5, 5.41) is 0. The topological polar surface area (TPSA) is 51.2 Å². The Bertz CT molecular complexity index is 525. The van der Waals surface area contributed by atoms with Crippen LogP contribution >= 0.6 is 0 Å². The molecule has 0 aromatic heterocycles. The summed E-state index contributed by atoms with van der Waals surface area (Å²) in [5.74, 6) is -0.833. The molecule has 0 bridgehead atoms. The first-order valence-corrected chi connectivity index (χ1v) is 7.76. The molecule has 1 aliphatic heterocycles. The summed E-state index contributed by atoms with van der Waals surface area (Å²) >= 11 is 0. The van der Waals surface area contributed by atoms with Crippen molar-refractivity contribution < 1.29 is 17.6 Å². The van der Waals surface area contributed by atoms with E-state index in [2.05, 4.69) is 0 Å². The first kappa shape index (κ1) is 13.2. The Morgan fingerprint density at radius 1 is 1.22 bits per heavy atom. The molecule has 1 aliphatic rings. The van der Waals surface area contributed by atoms with Gasteiger partial charge in [-0.3, -0.25) is 0 Å². The van der Waals surface area contributed by atoms with Crippen LogP contribution in [0.3, 0.4) is 0 Å². The number of hydrogen-bond acceptors (Lipinski definition) is 3. The van der Waals surface area contributed by atoms with Gasteiger partial charge in [-0.15, -0.1) is 0 Å². The summed E-state index contributed by atoms with van der Waals surface area (Å²) < 4.78 is 36.4. The van der Waals surface area contributed by atoms with Gasteiger partial charge in [0.1, 0.15) is 21.9 Å². The minimum absolute atomic E-state index is 0.0806. The summed E-state index contributed by atoms with van der Waals surface area (Å²) in [6, 6.07) is 6.18. The molecular weight excluding hydrogens is 255 g/mol. The van der Waals surface area contributed by atoms with Crippen LogP contribution in [0.15, 0.2) is 24.3 Å². The quantitative estimate of drug-likeness (QED) is 0.789. The number of halogens is 1. The molecule has 1 aromatic rings. The molecule has 0 aliphatic carbocycles. The van der Waals surface area contributed by atoms with Crippen molar-refractivity contribution in [3.63, 3.8) is 0 Å². The fourth-order valence-electron chi connectivity index (χ4n) is 2.45. The van der Waals surface area contributed by atoms with Crippen molar-refractivity contribution in [2.75, 3.05) is 11.5 Å². The first-order valence-electron chi connectivity index (χ1n) is 5.93. The van der Waals surface area contributed by atoms with Crippen LogP contribution in [0.25, 0.3) is 0 Å². The van der Waals surface area contributed by atoms with Gasteiger partial charge in [0.15, 0.2) is 0 Å². The smallest absolute Gasteiger partial charge is 0.150 e. The molecule has 0 N–H and O–H groups in total. The van der Waals surface area contributed by atoms with Crippen LogP contribution in [0.4, 0.5) is 4.39 Å². The summed E-state index contributed by atoms with van der Waals surface area (Å²) in [6.07, 6.45) is 1.60. The number of aldehydes is 1. The van der Waals surface area contributed by atoms with Gasteiger partial charge < -0.3 is 4.79 Å². The molecule has 5 heteroatoms. The van der Waals surface area contributed by atoms with Crippen molar-refractivity contribution in [3.8, 4) is 0 Å². The third-order valence-electron chi connectivity index (χ3n) is 3.52. The zero-order chi connectivity index (χ0) is 13.2. The molecule has 0 radical (unpaired) electrons. The first-order chi connectivity index (χ1) is 8.53. The normalized spacial score (nSPS) is 21.4. The molecule has 0 spiro atoms. The third kappa shape index (κ3) is 2.77. The van der Waals surface area contributed by atoms with Gasteiger partial charge in [-0.25, -0.2) is 12.8 Å². The highest BCUT2D eigenvalue weighted by atomic mass is 32.2. The lowest BCUT2D eigenvalue weighted by Gasteiger charge is -2.27. The summed E-state index contributed by atoms with van der Waals surface area (Å²) in [7, 11) is -2.96. The number of carbonyl (C=O) groups excluding carboxylic acids is 1. The average Bonchev–Trinajstić information content (AvgIpc) is 2.34. The van der Waals surface area contributed by atoms with Crippen LogP contribution in [-0.4, -0.2) is 26.2 Å². The average molecular weight is 270 g/mol. The number of benzene rings is 1. The predicted octanol–water partition coefficient (Wildman–Crippen LogP) is 1.93. The molecule has 1 heterocycles. The highest BCUT2D eigenvalue weighted by molar-refractivity contribution is 7.91. The molecule has 1 fully saturated rings. The predicted molar refractivity (Wildman–Crippen MR) is 66.6 cm³/mol. The van der Waals surface area contributed by atoms with Crippen LogP contribution in [0.5, 0.6) is 0 Å². The number of sulfone groups is 1. The van der Waals surface area contributed by atoms with Crippen molar-refractivity contribution in [3.05, 3.63) is 35.6 Å². The number of rotatable bonds is 3. The molecule has 1 unspecified atom stereocenters. The lowest BCUT2D eigenvalue weighted by molar-refractivity contribution is -0.110. The highest BCUT2D eigenvalue weighted by Gasteiger charge is 2.31. The van der Waals surface area contributed by atoms with Gasteiger partial charge in [-0.1, -0.05) is 18.2 Å². The fourth-order valence-corrected chi connectivity index (χ4v) is 3.98. The molecule has 0 saturated carbocycles. The van der Waals surface area contributed by atoms with E-state index in [0.29, 0.717) is 18.4 Å². The maximum absolute atomic E-state index is 13.7. The van der Waals surface area contributed by atoms with Crippen molar-refractivity contribution >= 4 is 16.1 Å². The largest absolute Gasteiger partial charge is 0.303 e. The maximum atomic E-state index is 13.7. The fraction of sp³-hybridized carbons (Fsp3) is 0.462. The van der Waals surface area contributed by atoms with Crippen molar-refractivity contribution in [2.24, 2.45) is 5.92 Å². The Morgan fingerprint density at radius 3 is 2.39 bits per heavy atom. The van der Waals surface area contributed by atoms with Crippen LogP contribution in [0.1, 0.15) is 24.3 Å². The molecule has 1 atom stereocenters. The van der Waals surface area contributed by atoms with Gasteiger partial charge in [0.05, 0.1) is 11.5 Å². The second-order valence-corrected chi connectivity index (χ2v) is 6.98. The lowest BCUT2D eigenvalue weighted by atomic mass is 9.83. The van der Waals surface area contributed by atoms with E-state index in [9.17, 15) is 17.6 Å². The molecule has 1 aromatic carbocycles. The van der Waals surface area contributed by atoms with Gasteiger partial charge in [0.25, 0.3) is 0 Å². The molecular formula is C13H15FO3S. The van der Waals surface area contributed by atoms with Gasteiger partial charge in [0.2, 0.25) is 0 Å². The molecule has 3 nitrogen and oxygen atoms in total. The van der Waals surface area contributed by atoms with Crippen molar-refractivity contribution in [2.45, 2.75) is 18.8 Å². The SMILES string of the molecule is O=CC(c1ccccc1F)C1CCS(=O)(=O)CC1. The Balaban J connectivity index is 2.21. The Kier molecular flexibility index (Phi) is 3.80. The van der Waals surface area contributed by atoms with Crippen LogP contribution < -0.4 is 0 Å². The molecule has 18 heavy (non-hydrogen) atoms. The summed E-state index contributed by atoms with van der Waals surface area (Å²) in [5.41, 5.74) is 0.372. The third-order valence-corrected chi connectivity index (χ3v) is 5.23. The van der Waals surface area contributed by atoms with Crippen LogP contribution in [0, 0.1) is 11.7 Å². The monoisotopic (exact) mass is 270 g/mol. The molecule has 0 amide bonds. The van der Waals surface area contributed by atoms with Gasteiger partial charge >= 0.3 is 0 Å². The lowest BCUT2D eigenvalue weighted by Crippen LogP contribution is -2.28. The molecule has 2 rings (SSSR count). The molecule has 98 valence electrons. The zero-order valence-corrected chi connectivity index (χ0v) is 10.7. The summed E-state index contributed by atoms with van der Waals surface area (Å²) in [6.45, 7) is 0. The van der Waals surface area contributed by atoms with E-state index < -0.39 is 21.6 Å². The van der Waals surface area contributed by atoms with Crippen molar-refractivity contribution in [1.29, 1.82) is 0 Å². The van der Waals surface area contributed by atoms with E-state index in [1.54, 1.807) is 18.2 Å². The van der Waals surface area contributed by atoms with Gasteiger partial charge in [-0.05, 0) is 30.4 Å². The van der Waals surface area contributed by atoms with Gasteiger partial charge in [-0.2, -0.15) is 0 Å². The summed E-state index contributed by atoms with van der Waals surface area (Å²) in [4.78, 5) is 11.2. The maximum Gasteiger partial charge on any atom is 0.150 e. The Hall–Kier alpha value is -1.23. The van der Waals surface area contributed by atoms with Crippen LogP contribution in [0.2, 0.25) is 0 Å². The van der Waals surface area contributed by atoms with E-state index >= 15 is 0 Å². The Labute approximate surface area is 106 Å². The second kappa shape index (κ2) is 5.18. The van der Waals surface area contributed by atoms with Crippen LogP contribution in [-0.2, 0) is 14.6 Å². The molecule has 1 saturated heterocycles. The number of carbonyl (C=O) groups is 1. The second-order valence-electron chi connectivity index (χ2n) is 4.67. The van der Waals surface area contributed by atoms with E-state index in [4.69, 9.17) is 0 Å². The zero-order valence-electron chi connectivity index (χ0n) is 9.88. The minimum atomic E-state index is -2.96. The Morgan fingerprint density at radius 2 is 1.83 bits per heavy atom. The number of hydrogen-bond donors (Lipinski definition) is 0. The van der Waals surface area contributed by atoms with Crippen molar-refractivity contribution in [1.82, 2.24) is 0 Å². The standard InChI is InChI=1S/C13H15FO3S/c14-13-4-2-1-3-11(13)12(9-15)10-5-7-18(16,17)8-6-10/h1-4,9-10,12H,5-8H2. The van der Waals surface area contributed by atoms with E-state index in [1.165, 1.54) is 6.07 Å². The highest BCUT2D eigenvalue weighted by Crippen LogP contribution is 2.33.